The second-order valence-electron chi connectivity index (χ2n) is 3.87. The second-order valence-corrected chi connectivity index (χ2v) is 6.18. The van der Waals surface area contributed by atoms with Crippen LogP contribution in [0.4, 0.5) is 0 Å². The molecule has 1 N–H and O–H groups in total. The first-order chi connectivity index (χ1) is 8.58. The highest BCUT2D eigenvalue weighted by atomic mass is 32.2. The maximum absolute atomic E-state index is 10.9. The summed E-state index contributed by atoms with van der Waals surface area (Å²) in [5.41, 5.74) is 1.41. The molecule has 1 aromatic heterocycles. The summed E-state index contributed by atoms with van der Waals surface area (Å²) in [7, 11) is 0. The zero-order valence-electron chi connectivity index (χ0n) is 10.1. The quantitative estimate of drug-likeness (QED) is 0.866. The predicted octanol–water partition coefficient (Wildman–Crippen LogP) is 3.75. The van der Waals surface area contributed by atoms with Crippen LogP contribution in [0.3, 0.4) is 0 Å². The molecule has 5 heteroatoms. The van der Waals surface area contributed by atoms with Gasteiger partial charge in [-0.25, -0.2) is 9.78 Å². The zero-order chi connectivity index (χ0) is 13.1. The largest absolute Gasteiger partial charge is 0.476 e. The monoisotopic (exact) mass is 279 g/mol. The Morgan fingerprint density at radius 1 is 1.39 bits per heavy atom. The highest BCUT2D eigenvalue weighted by Crippen LogP contribution is 2.28. The predicted molar refractivity (Wildman–Crippen MR) is 74.6 cm³/mol. The van der Waals surface area contributed by atoms with Crippen LogP contribution in [0.15, 0.2) is 29.2 Å². The Bertz CT molecular complexity index is 578. The standard InChI is InChI=1S/C13H13NO2S2/c1-8-5-3-4-6-10(8)17-7-11-14-12(13(15)16)9(2)18-11/h3-6H,7H2,1-2H3,(H,15,16). The number of thiazole rings is 1. The van der Waals surface area contributed by atoms with Gasteiger partial charge in [0.05, 0.1) is 5.75 Å². The van der Waals surface area contributed by atoms with Gasteiger partial charge in [-0.2, -0.15) is 0 Å². The summed E-state index contributed by atoms with van der Waals surface area (Å²) in [6, 6.07) is 8.15. The Morgan fingerprint density at radius 2 is 2.11 bits per heavy atom. The van der Waals surface area contributed by atoms with E-state index in [9.17, 15) is 4.79 Å². The molecule has 0 saturated heterocycles. The minimum Gasteiger partial charge on any atom is -0.476 e. The Hall–Kier alpha value is -1.33. The molecule has 1 aromatic carbocycles. The van der Waals surface area contributed by atoms with Gasteiger partial charge in [-0.3, -0.25) is 0 Å². The van der Waals surface area contributed by atoms with Crippen LogP contribution in [0.5, 0.6) is 0 Å². The van der Waals surface area contributed by atoms with Gasteiger partial charge in [0.15, 0.2) is 5.69 Å². The molecule has 0 fully saturated rings. The number of carboxylic acids is 1. The summed E-state index contributed by atoms with van der Waals surface area (Å²) in [5.74, 6) is -0.236. The van der Waals surface area contributed by atoms with Gasteiger partial charge in [-0.15, -0.1) is 23.1 Å². The topological polar surface area (TPSA) is 50.2 Å². The van der Waals surface area contributed by atoms with Gasteiger partial charge in [0.1, 0.15) is 5.01 Å². The highest BCUT2D eigenvalue weighted by molar-refractivity contribution is 7.98. The molecule has 0 bridgehead atoms. The van der Waals surface area contributed by atoms with Crippen LogP contribution >= 0.6 is 23.1 Å². The van der Waals surface area contributed by atoms with Gasteiger partial charge in [0.25, 0.3) is 0 Å². The lowest BCUT2D eigenvalue weighted by atomic mass is 10.2. The number of hydrogen-bond acceptors (Lipinski definition) is 4. The van der Waals surface area contributed by atoms with Crippen molar-refractivity contribution in [2.75, 3.05) is 0 Å². The molecule has 0 unspecified atom stereocenters. The van der Waals surface area contributed by atoms with Crippen molar-refractivity contribution in [1.29, 1.82) is 0 Å². The maximum Gasteiger partial charge on any atom is 0.355 e. The van der Waals surface area contributed by atoms with Crippen LogP contribution in [0.2, 0.25) is 0 Å². The average molecular weight is 279 g/mol. The average Bonchev–Trinajstić information content (AvgIpc) is 2.70. The molecule has 2 rings (SSSR count). The van der Waals surface area contributed by atoms with E-state index in [1.54, 1.807) is 18.7 Å². The van der Waals surface area contributed by atoms with Crippen molar-refractivity contribution < 1.29 is 9.90 Å². The molecule has 0 atom stereocenters. The highest BCUT2D eigenvalue weighted by Gasteiger charge is 2.14. The first kappa shape index (κ1) is 13.1. The summed E-state index contributed by atoms with van der Waals surface area (Å²) in [6.45, 7) is 3.86. The van der Waals surface area contributed by atoms with Gasteiger partial charge >= 0.3 is 5.97 Å². The van der Waals surface area contributed by atoms with Crippen molar-refractivity contribution in [3.63, 3.8) is 0 Å². The third-order valence-electron chi connectivity index (χ3n) is 2.49. The number of aryl methyl sites for hydroxylation is 2. The molecule has 1 heterocycles. The molecule has 0 aliphatic heterocycles. The van der Waals surface area contributed by atoms with E-state index in [0.29, 0.717) is 5.75 Å². The Kier molecular flexibility index (Phi) is 4.04. The minimum absolute atomic E-state index is 0.181. The van der Waals surface area contributed by atoms with Gasteiger partial charge < -0.3 is 5.11 Å². The Balaban J connectivity index is 2.09. The number of aromatic nitrogens is 1. The molecule has 0 aliphatic rings. The lowest BCUT2D eigenvalue weighted by Gasteiger charge is -2.02. The fourth-order valence-corrected chi connectivity index (χ4v) is 3.52. The fourth-order valence-electron chi connectivity index (χ4n) is 1.57. The molecule has 0 aliphatic carbocycles. The molecule has 0 amide bonds. The van der Waals surface area contributed by atoms with Crippen molar-refractivity contribution >= 4 is 29.1 Å². The van der Waals surface area contributed by atoms with Crippen molar-refractivity contribution in [3.8, 4) is 0 Å². The van der Waals surface area contributed by atoms with Gasteiger partial charge in [-0.05, 0) is 25.5 Å². The normalized spacial score (nSPS) is 10.6. The van der Waals surface area contributed by atoms with Gasteiger partial charge in [0.2, 0.25) is 0 Å². The molecule has 0 radical (unpaired) electrons. The number of nitrogens with zero attached hydrogens (tertiary/aromatic N) is 1. The van der Waals surface area contributed by atoms with E-state index in [0.717, 1.165) is 9.88 Å². The number of aromatic carboxylic acids is 1. The number of carbonyl (C=O) groups is 1. The van der Waals surface area contributed by atoms with Crippen molar-refractivity contribution in [1.82, 2.24) is 4.98 Å². The van der Waals surface area contributed by atoms with Crippen LogP contribution in [0, 0.1) is 13.8 Å². The Labute approximate surface area is 114 Å². The van der Waals surface area contributed by atoms with E-state index in [-0.39, 0.29) is 5.69 Å². The summed E-state index contributed by atoms with van der Waals surface area (Å²) in [5, 5.41) is 9.81. The third-order valence-corrected chi connectivity index (χ3v) is 4.83. The van der Waals surface area contributed by atoms with E-state index in [2.05, 4.69) is 24.0 Å². The van der Waals surface area contributed by atoms with E-state index in [4.69, 9.17) is 5.11 Å². The van der Waals surface area contributed by atoms with Crippen molar-refractivity contribution in [2.45, 2.75) is 24.5 Å². The summed E-state index contributed by atoms with van der Waals surface area (Å²) < 4.78 is 0. The maximum atomic E-state index is 10.9. The SMILES string of the molecule is Cc1ccccc1SCc1nc(C(=O)O)c(C)s1. The van der Waals surface area contributed by atoms with Crippen LogP contribution in [-0.2, 0) is 5.75 Å². The molecule has 0 saturated carbocycles. The van der Waals surface area contributed by atoms with Crippen LogP contribution in [-0.4, -0.2) is 16.1 Å². The fraction of sp³-hybridized carbons (Fsp3) is 0.231. The lowest BCUT2D eigenvalue weighted by Crippen LogP contribution is -1.98. The van der Waals surface area contributed by atoms with Crippen LogP contribution in [0.1, 0.15) is 25.9 Å². The number of benzene rings is 1. The number of hydrogen-bond donors (Lipinski definition) is 1. The van der Waals surface area contributed by atoms with E-state index < -0.39 is 5.97 Å². The summed E-state index contributed by atoms with van der Waals surface area (Å²) in [4.78, 5) is 17.0. The van der Waals surface area contributed by atoms with E-state index in [1.165, 1.54) is 21.8 Å². The summed E-state index contributed by atoms with van der Waals surface area (Å²) in [6.07, 6.45) is 0. The smallest absolute Gasteiger partial charge is 0.355 e. The van der Waals surface area contributed by atoms with Crippen LogP contribution < -0.4 is 0 Å². The molecule has 2 aromatic rings. The zero-order valence-corrected chi connectivity index (χ0v) is 11.8. The van der Waals surface area contributed by atoms with E-state index >= 15 is 0 Å². The van der Waals surface area contributed by atoms with Crippen molar-refractivity contribution in [2.24, 2.45) is 0 Å². The molecular formula is C13H13NO2S2. The minimum atomic E-state index is -0.948. The lowest BCUT2D eigenvalue weighted by molar-refractivity contribution is 0.0690. The molecule has 0 spiro atoms. The molecule has 18 heavy (non-hydrogen) atoms. The number of carboxylic acid groups (broad SMARTS) is 1. The van der Waals surface area contributed by atoms with E-state index in [1.807, 2.05) is 12.1 Å². The Morgan fingerprint density at radius 3 is 2.72 bits per heavy atom. The second kappa shape index (κ2) is 5.54. The van der Waals surface area contributed by atoms with Crippen molar-refractivity contribution in [3.05, 3.63) is 45.4 Å². The van der Waals surface area contributed by atoms with Gasteiger partial charge in [0, 0.05) is 9.77 Å². The number of thioether (sulfide) groups is 1. The number of rotatable bonds is 4. The van der Waals surface area contributed by atoms with Crippen LogP contribution in [0.25, 0.3) is 0 Å². The first-order valence-corrected chi connectivity index (χ1v) is 7.26. The molecule has 94 valence electrons. The third kappa shape index (κ3) is 2.91. The van der Waals surface area contributed by atoms with Gasteiger partial charge in [-0.1, -0.05) is 18.2 Å². The molecular weight excluding hydrogens is 266 g/mol. The summed E-state index contributed by atoms with van der Waals surface area (Å²) >= 11 is 3.14. The molecule has 3 nitrogen and oxygen atoms in total. The first-order valence-electron chi connectivity index (χ1n) is 5.46.